The molecule has 2 aliphatic rings. The second-order valence-corrected chi connectivity index (χ2v) is 6.95. The normalized spacial score (nSPS) is 21.8. The molecular formula is C21H24N2O2. The Morgan fingerprint density at radius 3 is 2.68 bits per heavy atom. The lowest BCUT2D eigenvalue weighted by atomic mass is 10.0. The number of rotatable bonds is 5. The summed E-state index contributed by atoms with van der Waals surface area (Å²) in [4.78, 5) is 17.4. The lowest BCUT2D eigenvalue weighted by Crippen LogP contribution is -2.56. The lowest BCUT2D eigenvalue weighted by molar-refractivity contribution is -0.130. The van der Waals surface area contributed by atoms with Crippen molar-refractivity contribution in [2.45, 2.75) is 31.3 Å². The summed E-state index contributed by atoms with van der Waals surface area (Å²) in [5.74, 6) is 0.789. The first-order valence-corrected chi connectivity index (χ1v) is 9.10. The second-order valence-electron chi connectivity index (χ2n) is 6.95. The third kappa shape index (κ3) is 4.02. The van der Waals surface area contributed by atoms with Crippen LogP contribution in [0.4, 0.5) is 0 Å². The first-order valence-electron chi connectivity index (χ1n) is 9.10. The number of hydrogen-bond acceptors (Lipinski definition) is 3. The highest BCUT2D eigenvalue weighted by Gasteiger charge is 2.36. The number of amides is 1. The Morgan fingerprint density at radius 1 is 1.12 bits per heavy atom. The molecule has 4 rings (SSSR count). The molecule has 4 heteroatoms. The number of hydrogen-bond donors (Lipinski definition) is 0. The van der Waals surface area contributed by atoms with Crippen LogP contribution >= 0.6 is 0 Å². The predicted molar refractivity (Wildman–Crippen MR) is 98.0 cm³/mol. The molecule has 130 valence electrons. The van der Waals surface area contributed by atoms with Gasteiger partial charge in [-0.1, -0.05) is 30.3 Å². The van der Waals surface area contributed by atoms with Gasteiger partial charge in [0.15, 0.2) is 0 Å². The molecule has 1 atom stereocenters. The van der Waals surface area contributed by atoms with Gasteiger partial charge in [-0.25, -0.2) is 0 Å². The molecule has 1 aliphatic carbocycles. The number of furan rings is 1. The van der Waals surface area contributed by atoms with Gasteiger partial charge in [0.1, 0.15) is 5.76 Å². The van der Waals surface area contributed by atoms with Crippen molar-refractivity contribution in [1.82, 2.24) is 9.80 Å². The summed E-state index contributed by atoms with van der Waals surface area (Å²) in [6, 6.07) is 15.1. The van der Waals surface area contributed by atoms with Crippen molar-refractivity contribution < 1.29 is 9.21 Å². The highest BCUT2D eigenvalue weighted by Crippen LogP contribution is 2.29. The van der Waals surface area contributed by atoms with E-state index in [0.717, 1.165) is 32.1 Å². The SMILES string of the molecule is O=C(/C=C/c1ccco1)N1CCN(C2CC2)CC1Cc1ccccc1. The van der Waals surface area contributed by atoms with E-state index in [1.165, 1.54) is 18.4 Å². The molecule has 0 bridgehead atoms. The van der Waals surface area contributed by atoms with Gasteiger partial charge in [-0.15, -0.1) is 0 Å². The zero-order valence-corrected chi connectivity index (χ0v) is 14.4. The molecule has 1 aliphatic heterocycles. The summed E-state index contributed by atoms with van der Waals surface area (Å²) in [6.45, 7) is 2.76. The number of piperazine rings is 1. The quantitative estimate of drug-likeness (QED) is 0.787. The number of nitrogens with zero attached hydrogens (tertiary/aromatic N) is 2. The Morgan fingerprint density at radius 2 is 1.96 bits per heavy atom. The van der Waals surface area contributed by atoms with Gasteiger partial charge in [0.25, 0.3) is 0 Å². The Balaban J connectivity index is 1.48. The van der Waals surface area contributed by atoms with E-state index in [0.29, 0.717) is 5.76 Å². The molecule has 1 saturated carbocycles. The number of benzene rings is 1. The standard InChI is InChI=1S/C21H24N2O2/c24-21(11-10-20-7-4-14-25-20)23-13-12-22(18-8-9-18)16-19(23)15-17-5-2-1-3-6-17/h1-7,10-11,14,18-19H,8-9,12-13,15-16H2/b11-10+. The summed E-state index contributed by atoms with van der Waals surface area (Å²) < 4.78 is 5.28. The maximum Gasteiger partial charge on any atom is 0.247 e. The number of carbonyl (C=O) groups is 1. The number of carbonyl (C=O) groups excluding carboxylic acids is 1. The molecule has 1 aromatic carbocycles. The fraction of sp³-hybridized carbons (Fsp3) is 0.381. The first-order chi connectivity index (χ1) is 12.3. The molecule has 25 heavy (non-hydrogen) atoms. The van der Waals surface area contributed by atoms with Crippen LogP contribution in [0.25, 0.3) is 6.08 Å². The fourth-order valence-corrected chi connectivity index (χ4v) is 3.64. The smallest absolute Gasteiger partial charge is 0.247 e. The van der Waals surface area contributed by atoms with E-state index >= 15 is 0 Å². The maximum atomic E-state index is 12.8. The average molecular weight is 336 g/mol. The van der Waals surface area contributed by atoms with Gasteiger partial charge < -0.3 is 9.32 Å². The van der Waals surface area contributed by atoms with Crippen LogP contribution < -0.4 is 0 Å². The summed E-state index contributed by atoms with van der Waals surface area (Å²) in [5.41, 5.74) is 1.29. The van der Waals surface area contributed by atoms with E-state index in [4.69, 9.17) is 4.42 Å². The minimum atomic E-state index is 0.0766. The lowest BCUT2D eigenvalue weighted by Gasteiger charge is -2.41. The maximum absolute atomic E-state index is 12.8. The van der Waals surface area contributed by atoms with E-state index in [2.05, 4.69) is 29.2 Å². The van der Waals surface area contributed by atoms with Crippen molar-refractivity contribution in [3.8, 4) is 0 Å². The molecule has 0 spiro atoms. The Bertz CT molecular complexity index is 720. The van der Waals surface area contributed by atoms with Crippen LogP contribution in [0.5, 0.6) is 0 Å². The van der Waals surface area contributed by atoms with Crippen molar-refractivity contribution in [3.63, 3.8) is 0 Å². The van der Waals surface area contributed by atoms with Gasteiger partial charge in [-0.3, -0.25) is 9.69 Å². The van der Waals surface area contributed by atoms with Crippen molar-refractivity contribution in [2.24, 2.45) is 0 Å². The topological polar surface area (TPSA) is 36.7 Å². The zero-order valence-electron chi connectivity index (χ0n) is 14.4. The van der Waals surface area contributed by atoms with Crippen LogP contribution in [-0.4, -0.2) is 47.4 Å². The molecule has 2 aromatic rings. The molecule has 1 amide bonds. The monoisotopic (exact) mass is 336 g/mol. The average Bonchev–Trinajstić information content (AvgIpc) is 3.36. The van der Waals surface area contributed by atoms with Crippen molar-refractivity contribution in [3.05, 3.63) is 66.1 Å². The second kappa shape index (κ2) is 7.28. The molecule has 0 N–H and O–H groups in total. The highest BCUT2D eigenvalue weighted by atomic mass is 16.3. The zero-order chi connectivity index (χ0) is 17.1. The highest BCUT2D eigenvalue weighted by molar-refractivity contribution is 5.91. The molecule has 2 fully saturated rings. The molecule has 4 nitrogen and oxygen atoms in total. The largest absolute Gasteiger partial charge is 0.465 e. The Labute approximate surface area is 148 Å². The van der Waals surface area contributed by atoms with Crippen LogP contribution in [0.1, 0.15) is 24.2 Å². The fourth-order valence-electron chi connectivity index (χ4n) is 3.64. The van der Waals surface area contributed by atoms with Crippen LogP contribution in [0.3, 0.4) is 0 Å². The van der Waals surface area contributed by atoms with E-state index < -0.39 is 0 Å². The third-order valence-electron chi connectivity index (χ3n) is 5.11. The molecular weight excluding hydrogens is 312 g/mol. The van der Waals surface area contributed by atoms with Crippen molar-refractivity contribution >= 4 is 12.0 Å². The summed E-state index contributed by atoms with van der Waals surface area (Å²) >= 11 is 0. The Kier molecular flexibility index (Phi) is 4.70. The Hall–Kier alpha value is -2.33. The summed E-state index contributed by atoms with van der Waals surface area (Å²) in [6.07, 6.45) is 8.55. The predicted octanol–water partition coefficient (Wildman–Crippen LogP) is 3.21. The van der Waals surface area contributed by atoms with Crippen molar-refractivity contribution in [2.75, 3.05) is 19.6 Å². The third-order valence-corrected chi connectivity index (χ3v) is 5.11. The van der Waals surface area contributed by atoms with E-state index in [1.54, 1.807) is 18.4 Å². The van der Waals surface area contributed by atoms with Gasteiger partial charge in [0.05, 0.1) is 6.26 Å². The molecule has 1 saturated heterocycles. The van der Waals surface area contributed by atoms with Gasteiger partial charge in [0, 0.05) is 37.8 Å². The molecule has 2 heterocycles. The van der Waals surface area contributed by atoms with E-state index in [9.17, 15) is 4.79 Å². The minimum Gasteiger partial charge on any atom is -0.465 e. The molecule has 1 aromatic heterocycles. The van der Waals surface area contributed by atoms with E-state index in [1.807, 2.05) is 23.1 Å². The van der Waals surface area contributed by atoms with Crippen LogP contribution in [0.15, 0.2) is 59.2 Å². The van der Waals surface area contributed by atoms with E-state index in [-0.39, 0.29) is 11.9 Å². The van der Waals surface area contributed by atoms with Crippen molar-refractivity contribution in [1.29, 1.82) is 0 Å². The molecule has 1 unspecified atom stereocenters. The van der Waals surface area contributed by atoms with Crippen LogP contribution in [-0.2, 0) is 11.2 Å². The van der Waals surface area contributed by atoms with Gasteiger partial charge in [-0.2, -0.15) is 0 Å². The van der Waals surface area contributed by atoms with Crippen LogP contribution in [0.2, 0.25) is 0 Å². The first kappa shape index (κ1) is 16.2. The van der Waals surface area contributed by atoms with Crippen LogP contribution in [0, 0.1) is 0 Å². The minimum absolute atomic E-state index is 0.0766. The summed E-state index contributed by atoms with van der Waals surface area (Å²) in [7, 11) is 0. The van der Waals surface area contributed by atoms with Gasteiger partial charge in [-0.05, 0) is 43.0 Å². The van der Waals surface area contributed by atoms with Gasteiger partial charge in [0.2, 0.25) is 5.91 Å². The molecule has 0 radical (unpaired) electrons. The van der Waals surface area contributed by atoms with Gasteiger partial charge >= 0.3 is 0 Å². The summed E-state index contributed by atoms with van der Waals surface area (Å²) in [5, 5.41) is 0.